The smallest absolute Gasteiger partial charge is 0.465 e. The third-order valence-corrected chi connectivity index (χ3v) is 8.68. The van der Waals surface area contributed by atoms with Crippen LogP contribution in [0.4, 0.5) is 20.3 Å². The number of fused-ring (bicyclic) bond motifs is 1. The van der Waals surface area contributed by atoms with Crippen molar-refractivity contribution in [1.82, 2.24) is 14.9 Å². The van der Waals surface area contributed by atoms with Gasteiger partial charge in [0, 0.05) is 23.7 Å². The van der Waals surface area contributed by atoms with Gasteiger partial charge in [-0.2, -0.15) is 0 Å². The number of benzene rings is 1. The van der Waals surface area contributed by atoms with Crippen LogP contribution in [0.1, 0.15) is 107 Å². The number of ether oxygens (including phenoxy) is 2. The van der Waals surface area contributed by atoms with Crippen LogP contribution in [0.25, 0.3) is 10.9 Å². The first-order valence-electron chi connectivity index (χ1n) is 16.0. The maximum absolute atomic E-state index is 13.1. The van der Waals surface area contributed by atoms with E-state index in [2.05, 4.69) is 4.98 Å². The van der Waals surface area contributed by atoms with Crippen LogP contribution in [0, 0.1) is 0 Å². The summed E-state index contributed by atoms with van der Waals surface area (Å²) in [5.41, 5.74) is -0.171. The Morgan fingerprint density at radius 1 is 0.913 bits per heavy atom. The molecule has 46 heavy (non-hydrogen) atoms. The van der Waals surface area contributed by atoms with Crippen molar-refractivity contribution in [3.63, 3.8) is 0 Å². The molecule has 1 aliphatic heterocycles. The number of rotatable bonds is 5. The molecule has 1 aromatic carbocycles. The second-order valence-corrected chi connectivity index (χ2v) is 15.2. The molecule has 252 valence electrons. The van der Waals surface area contributed by atoms with Crippen molar-refractivity contribution in [2.24, 2.45) is 0 Å². The van der Waals surface area contributed by atoms with Crippen molar-refractivity contribution in [1.29, 1.82) is 0 Å². The third kappa shape index (κ3) is 7.74. The predicted octanol–water partition coefficient (Wildman–Crippen LogP) is 6.46. The molecule has 2 aliphatic rings. The number of carbonyl (C=O) groups excluding carboxylic acids is 2. The van der Waals surface area contributed by atoms with E-state index in [-0.39, 0.29) is 5.95 Å². The molecule has 0 radical (unpaired) electrons. The summed E-state index contributed by atoms with van der Waals surface area (Å²) in [5, 5.41) is 11.1. The minimum Gasteiger partial charge on any atom is -0.465 e. The van der Waals surface area contributed by atoms with Crippen LogP contribution in [-0.4, -0.2) is 79.9 Å². The van der Waals surface area contributed by atoms with Crippen LogP contribution in [-0.2, 0) is 25.2 Å². The van der Waals surface area contributed by atoms with Gasteiger partial charge in [-0.05, 0) is 112 Å². The summed E-state index contributed by atoms with van der Waals surface area (Å²) in [4.78, 5) is 50.4. The van der Waals surface area contributed by atoms with Crippen LogP contribution >= 0.6 is 0 Å². The molecule has 0 atom stereocenters. The molecule has 13 heteroatoms. The Morgan fingerprint density at radius 3 is 1.87 bits per heavy atom. The maximum atomic E-state index is 13.1. The van der Waals surface area contributed by atoms with Crippen LogP contribution in [0.5, 0.6) is 0 Å². The van der Waals surface area contributed by atoms with Gasteiger partial charge in [-0.3, -0.25) is 0 Å². The highest BCUT2D eigenvalue weighted by Gasteiger charge is 2.52. The van der Waals surface area contributed by atoms with Gasteiger partial charge in [0.1, 0.15) is 11.2 Å². The molecule has 3 amide bonds. The highest BCUT2D eigenvalue weighted by molar-refractivity contribution is 6.62. The maximum Gasteiger partial charge on any atom is 0.494 e. The van der Waals surface area contributed by atoms with Gasteiger partial charge in [-0.1, -0.05) is 19.1 Å². The normalized spacial score (nSPS) is 21.2. The Hall–Kier alpha value is -3.45. The average Bonchev–Trinajstić information content (AvgIpc) is 3.13. The van der Waals surface area contributed by atoms with Crippen molar-refractivity contribution in [3.05, 3.63) is 23.9 Å². The minimum absolute atomic E-state index is 0.0812. The summed E-state index contributed by atoms with van der Waals surface area (Å²) in [5.74, 6) is 0.0812. The van der Waals surface area contributed by atoms with Gasteiger partial charge in [0.25, 0.3) is 0 Å². The molecular weight excluding hydrogens is 591 g/mol. The lowest BCUT2D eigenvalue weighted by molar-refractivity contribution is -0.0112. The minimum atomic E-state index is -1.18. The summed E-state index contributed by atoms with van der Waals surface area (Å²) in [6, 6.07) is 2.95. The molecule has 12 nitrogen and oxygen atoms in total. The first-order valence-corrected chi connectivity index (χ1v) is 16.0. The zero-order chi connectivity index (χ0) is 34.4. The SMILES string of the molecule is CCc1cc(B2OC(C)(C)C(C)(C)O2)cc2cnc(N(C(=O)O)[C@H]3CC[C@H](N(C(=O)OC(C)(C)C)C(=O)OC(C)(C)C)CC3)nc12. The van der Waals surface area contributed by atoms with E-state index in [9.17, 15) is 19.5 Å². The first kappa shape index (κ1) is 35.4. The second-order valence-electron chi connectivity index (χ2n) is 15.2. The summed E-state index contributed by atoms with van der Waals surface area (Å²) in [6.45, 7) is 20.4. The summed E-state index contributed by atoms with van der Waals surface area (Å²) < 4.78 is 23.6. The molecule has 2 heterocycles. The van der Waals surface area contributed by atoms with Crippen LogP contribution < -0.4 is 10.4 Å². The van der Waals surface area contributed by atoms with Gasteiger partial charge in [0.2, 0.25) is 5.95 Å². The van der Waals surface area contributed by atoms with E-state index in [1.807, 2.05) is 46.8 Å². The van der Waals surface area contributed by atoms with Crippen molar-refractivity contribution >= 4 is 47.7 Å². The van der Waals surface area contributed by atoms with Crippen LogP contribution in [0.2, 0.25) is 0 Å². The number of amides is 3. The number of aromatic nitrogens is 2. The van der Waals surface area contributed by atoms with Gasteiger partial charge in [-0.15, -0.1) is 0 Å². The van der Waals surface area contributed by atoms with E-state index >= 15 is 0 Å². The standard InChI is InChI=1S/C33H49BN4O8/c1-12-20-17-22(34-45-32(8,9)33(10,11)46-34)18-21-19-35-26(36-25(20)21)37(27(39)40)23-13-15-24(16-14-23)38(28(41)43-30(2,3)4)29(42)44-31(5,6)7/h17-19,23-24H,12-16H2,1-11H3,(H,39,40)/t23-,24-. The van der Waals surface area contributed by atoms with E-state index in [1.165, 1.54) is 4.90 Å². The molecule has 1 saturated heterocycles. The number of hydrogen-bond acceptors (Lipinski definition) is 9. The lowest BCUT2D eigenvalue weighted by Gasteiger charge is -2.38. The van der Waals surface area contributed by atoms with Crippen molar-refractivity contribution in [2.45, 2.75) is 143 Å². The molecule has 0 unspecified atom stereocenters. The molecule has 0 spiro atoms. The Labute approximate surface area is 272 Å². The molecule has 1 saturated carbocycles. The Kier molecular flexibility index (Phi) is 9.72. The van der Waals surface area contributed by atoms with Crippen molar-refractivity contribution in [3.8, 4) is 0 Å². The van der Waals surface area contributed by atoms with Crippen molar-refractivity contribution in [2.75, 3.05) is 4.90 Å². The third-order valence-electron chi connectivity index (χ3n) is 8.68. The summed E-state index contributed by atoms with van der Waals surface area (Å²) in [6.07, 6.45) is 1.02. The number of carbonyl (C=O) groups is 3. The number of imide groups is 1. The largest absolute Gasteiger partial charge is 0.494 e. The van der Waals surface area contributed by atoms with E-state index in [0.717, 1.165) is 21.3 Å². The van der Waals surface area contributed by atoms with Gasteiger partial charge in [0.15, 0.2) is 0 Å². The highest BCUT2D eigenvalue weighted by Crippen LogP contribution is 2.37. The number of anilines is 1. The molecule has 1 aliphatic carbocycles. The number of nitrogens with zero attached hydrogens (tertiary/aromatic N) is 4. The molecule has 1 N–H and O–H groups in total. The monoisotopic (exact) mass is 640 g/mol. The van der Waals surface area contributed by atoms with E-state index < -0.39 is 59.9 Å². The highest BCUT2D eigenvalue weighted by atomic mass is 16.7. The fourth-order valence-corrected chi connectivity index (χ4v) is 5.71. The summed E-state index contributed by atoms with van der Waals surface area (Å²) >= 11 is 0. The van der Waals surface area contributed by atoms with E-state index in [4.69, 9.17) is 23.8 Å². The molecule has 0 bridgehead atoms. The zero-order valence-corrected chi connectivity index (χ0v) is 29.1. The number of carboxylic acid groups (broad SMARTS) is 1. The van der Waals surface area contributed by atoms with E-state index in [0.29, 0.717) is 37.6 Å². The molecule has 1 aromatic heterocycles. The first-order chi connectivity index (χ1) is 21.1. The number of aryl methyl sites for hydroxylation is 1. The van der Waals surface area contributed by atoms with Gasteiger partial charge in [-0.25, -0.2) is 34.2 Å². The van der Waals surface area contributed by atoms with Crippen LogP contribution in [0.3, 0.4) is 0 Å². The van der Waals surface area contributed by atoms with Crippen molar-refractivity contribution < 1.29 is 38.3 Å². The Bertz CT molecular complexity index is 1430. The average molecular weight is 641 g/mol. The molecule has 2 aromatic rings. The second kappa shape index (κ2) is 12.6. The topological polar surface area (TPSA) is 141 Å². The molecule has 2 fully saturated rings. The lowest BCUT2D eigenvalue weighted by Crippen LogP contribution is -2.52. The Balaban J connectivity index is 1.58. The fourth-order valence-electron chi connectivity index (χ4n) is 5.71. The predicted molar refractivity (Wildman–Crippen MR) is 175 cm³/mol. The zero-order valence-electron chi connectivity index (χ0n) is 29.1. The quantitative estimate of drug-likeness (QED) is 0.362. The lowest BCUT2D eigenvalue weighted by atomic mass is 9.77. The Morgan fingerprint density at radius 2 is 1.41 bits per heavy atom. The van der Waals surface area contributed by atoms with Gasteiger partial charge >= 0.3 is 25.4 Å². The fraction of sp³-hybridized carbons (Fsp3) is 0.667. The molecular formula is C33H49BN4O8. The van der Waals surface area contributed by atoms with Gasteiger partial charge < -0.3 is 23.9 Å². The molecule has 4 rings (SSSR count). The van der Waals surface area contributed by atoms with Gasteiger partial charge in [0.05, 0.1) is 16.7 Å². The van der Waals surface area contributed by atoms with E-state index in [1.54, 1.807) is 47.7 Å². The number of hydrogen-bond donors (Lipinski definition) is 1. The summed E-state index contributed by atoms with van der Waals surface area (Å²) in [7, 11) is -0.550. The van der Waals surface area contributed by atoms with Crippen LogP contribution in [0.15, 0.2) is 18.3 Å².